The molecule has 20 heavy (non-hydrogen) atoms. The van der Waals surface area contributed by atoms with Gasteiger partial charge in [0.2, 0.25) is 0 Å². The van der Waals surface area contributed by atoms with Crippen molar-refractivity contribution in [2.24, 2.45) is 0 Å². The van der Waals surface area contributed by atoms with Crippen molar-refractivity contribution in [1.82, 2.24) is 10.2 Å². The van der Waals surface area contributed by atoms with E-state index >= 15 is 0 Å². The molecular weight excluding hydrogens is 246 g/mol. The first kappa shape index (κ1) is 15.3. The Morgan fingerprint density at radius 2 is 2.00 bits per heavy atom. The zero-order valence-electron chi connectivity index (χ0n) is 13.2. The summed E-state index contributed by atoms with van der Waals surface area (Å²) in [4.78, 5) is 2.19. The first-order valence-corrected chi connectivity index (χ1v) is 7.87. The second-order valence-corrected chi connectivity index (χ2v) is 6.36. The lowest BCUT2D eigenvalue weighted by Crippen LogP contribution is -2.37. The molecule has 112 valence electrons. The number of hydrogen-bond donors (Lipinski definition) is 2. The minimum absolute atomic E-state index is 0.519. The lowest BCUT2D eigenvalue weighted by Gasteiger charge is -2.27. The summed E-state index contributed by atoms with van der Waals surface area (Å²) in [7, 11) is 4.21. The highest BCUT2D eigenvalue weighted by molar-refractivity contribution is 5.45. The standard InChI is InChI=1S/C17H29N3/c1-14(12-17-6-4-5-11-18-17)19-16-9-7-15(8-10-16)13-20(2)3/h7-10,14,17-19H,4-6,11-13H2,1-3H3. The highest BCUT2D eigenvalue weighted by atomic mass is 15.0. The average molecular weight is 275 g/mol. The Balaban J connectivity index is 1.79. The summed E-state index contributed by atoms with van der Waals surface area (Å²) < 4.78 is 0. The number of nitrogens with one attached hydrogen (secondary N) is 2. The molecule has 1 aromatic carbocycles. The van der Waals surface area contributed by atoms with Gasteiger partial charge < -0.3 is 15.5 Å². The first-order valence-electron chi connectivity index (χ1n) is 7.87. The zero-order valence-corrected chi connectivity index (χ0v) is 13.2. The molecule has 2 atom stereocenters. The predicted octanol–water partition coefficient (Wildman–Crippen LogP) is 3.08. The summed E-state index contributed by atoms with van der Waals surface area (Å²) in [5, 5.41) is 7.24. The van der Waals surface area contributed by atoms with Crippen LogP contribution in [0.5, 0.6) is 0 Å². The van der Waals surface area contributed by atoms with E-state index in [9.17, 15) is 0 Å². The lowest BCUT2D eigenvalue weighted by atomic mass is 9.98. The predicted molar refractivity (Wildman–Crippen MR) is 87.2 cm³/mol. The molecule has 0 spiro atoms. The molecule has 1 fully saturated rings. The average Bonchev–Trinajstić information content (AvgIpc) is 2.41. The SMILES string of the molecule is CC(CC1CCCCN1)Nc1ccc(CN(C)C)cc1. The maximum Gasteiger partial charge on any atom is 0.0342 e. The van der Waals surface area contributed by atoms with E-state index < -0.39 is 0 Å². The second-order valence-electron chi connectivity index (χ2n) is 6.36. The van der Waals surface area contributed by atoms with Crippen LogP contribution in [0.4, 0.5) is 5.69 Å². The number of hydrogen-bond acceptors (Lipinski definition) is 3. The van der Waals surface area contributed by atoms with E-state index in [0.717, 1.165) is 6.54 Å². The highest BCUT2D eigenvalue weighted by Gasteiger charge is 2.15. The van der Waals surface area contributed by atoms with Gasteiger partial charge in [-0.3, -0.25) is 0 Å². The van der Waals surface area contributed by atoms with Crippen molar-refractivity contribution in [1.29, 1.82) is 0 Å². The molecule has 2 N–H and O–H groups in total. The van der Waals surface area contributed by atoms with Crippen LogP contribution in [0.15, 0.2) is 24.3 Å². The molecule has 0 radical (unpaired) electrons. The van der Waals surface area contributed by atoms with Gasteiger partial charge in [0.25, 0.3) is 0 Å². The van der Waals surface area contributed by atoms with Crippen LogP contribution in [0.2, 0.25) is 0 Å². The molecule has 0 amide bonds. The van der Waals surface area contributed by atoms with E-state index in [0.29, 0.717) is 12.1 Å². The van der Waals surface area contributed by atoms with Gasteiger partial charge in [-0.2, -0.15) is 0 Å². The van der Waals surface area contributed by atoms with Crippen LogP contribution in [-0.4, -0.2) is 37.6 Å². The number of piperidine rings is 1. The molecule has 0 saturated carbocycles. The number of nitrogens with zero attached hydrogens (tertiary/aromatic N) is 1. The Labute approximate surface area is 123 Å². The number of anilines is 1. The van der Waals surface area contributed by atoms with E-state index in [2.05, 4.69) is 60.8 Å². The van der Waals surface area contributed by atoms with E-state index in [-0.39, 0.29) is 0 Å². The molecular formula is C17H29N3. The Bertz CT molecular complexity index is 380. The summed E-state index contributed by atoms with van der Waals surface area (Å²) in [5.41, 5.74) is 2.60. The second kappa shape index (κ2) is 7.65. The molecule has 1 aliphatic rings. The van der Waals surface area contributed by atoms with Crippen LogP contribution < -0.4 is 10.6 Å². The topological polar surface area (TPSA) is 27.3 Å². The summed E-state index contributed by atoms with van der Waals surface area (Å²) in [6.07, 6.45) is 5.25. The summed E-state index contributed by atoms with van der Waals surface area (Å²) in [6, 6.07) is 10.0. The van der Waals surface area contributed by atoms with Crippen LogP contribution in [0.1, 0.15) is 38.2 Å². The van der Waals surface area contributed by atoms with E-state index in [1.54, 1.807) is 0 Å². The Morgan fingerprint density at radius 1 is 1.25 bits per heavy atom. The minimum atomic E-state index is 0.519. The van der Waals surface area contributed by atoms with Crippen molar-refractivity contribution in [3.8, 4) is 0 Å². The molecule has 3 nitrogen and oxygen atoms in total. The van der Waals surface area contributed by atoms with Crippen LogP contribution in [0.3, 0.4) is 0 Å². The molecule has 0 aromatic heterocycles. The van der Waals surface area contributed by atoms with Gasteiger partial charge in [0.05, 0.1) is 0 Å². The molecule has 0 aliphatic carbocycles. The van der Waals surface area contributed by atoms with Gasteiger partial charge in [-0.15, -0.1) is 0 Å². The molecule has 1 heterocycles. The molecule has 2 unspecified atom stereocenters. The Hall–Kier alpha value is -1.06. The summed E-state index contributed by atoms with van der Waals surface area (Å²) >= 11 is 0. The Morgan fingerprint density at radius 3 is 2.60 bits per heavy atom. The lowest BCUT2D eigenvalue weighted by molar-refractivity contribution is 0.371. The Kier molecular flexibility index (Phi) is 5.86. The van der Waals surface area contributed by atoms with Crippen LogP contribution >= 0.6 is 0 Å². The van der Waals surface area contributed by atoms with Gasteiger partial charge in [0.1, 0.15) is 0 Å². The normalized spacial score (nSPS) is 20.9. The molecule has 1 saturated heterocycles. The maximum absolute atomic E-state index is 3.62. The van der Waals surface area contributed by atoms with Crippen molar-refractivity contribution in [3.05, 3.63) is 29.8 Å². The van der Waals surface area contributed by atoms with Gasteiger partial charge in [-0.25, -0.2) is 0 Å². The van der Waals surface area contributed by atoms with Gasteiger partial charge in [-0.05, 0) is 64.5 Å². The molecule has 1 aliphatic heterocycles. The van der Waals surface area contributed by atoms with Crippen molar-refractivity contribution >= 4 is 5.69 Å². The zero-order chi connectivity index (χ0) is 14.4. The quantitative estimate of drug-likeness (QED) is 0.835. The van der Waals surface area contributed by atoms with Gasteiger partial charge in [0, 0.05) is 24.3 Å². The van der Waals surface area contributed by atoms with Crippen molar-refractivity contribution in [3.63, 3.8) is 0 Å². The van der Waals surface area contributed by atoms with Crippen LogP contribution in [-0.2, 0) is 6.54 Å². The maximum atomic E-state index is 3.62. The molecule has 0 bridgehead atoms. The number of benzene rings is 1. The van der Waals surface area contributed by atoms with Crippen LogP contribution in [0.25, 0.3) is 0 Å². The van der Waals surface area contributed by atoms with E-state index in [1.807, 2.05) is 0 Å². The summed E-state index contributed by atoms with van der Waals surface area (Å²) in [6.45, 7) is 4.47. The number of rotatable bonds is 6. The van der Waals surface area contributed by atoms with Gasteiger partial charge >= 0.3 is 0 Å². The fourth-order valence-electron chi connectivity index (χ4n) is 2.97. The highest BCUT2D eigenvalue weighted by Crippen LogP contribution is 2.16. The largest absolute Gasteiger partial charge is 0.383 e. The minimum Gasteiger partial charge on any atom is -0.383 e. The molecule has 2 rings (SSSR count). The first-order chi connectivity index (χ1) is 9.63. The molecule has 1 aromatic rings. The van der Waals surface area contributed by atoms with E-state index in [4.69, 9.17) is 0 Å². The van der Waals surface area contributed by atoms with Crippen LogP contribution in [0, 0.1) is 0 Å². The van der Waals surface area contributed by atoms with Crippen molar-refractivity contribution in [2.75, 3.05) is 26.0 Å². The smallest absolute Gasteiger partial charge is 0.0342 e. The third-order valence-electron chi connectivity index (χ3n) is 3.92. The van der Waals surface area contributed by atoms with Gasteiger partial charge in [0.15, 0.2) is 0 Å². The summed E-state index contributed by atoms with van der Waals surface area (Å²) in [5.74, 6) is 0. The fourth-order valence-corrected chi connectivity index (χ4v) is 2.97. The third-order valence-corrected chi connectivity index (χ3v) is 3.92. The van der Waals surface area contributed by atoms with E-state index in [1.165, 1.54) is 43.5 Å². The third kappa shape index (κ3) is 5.14. The fraction of sp³-hybridized carbons (Fsp3) is 0.647. The van der Waals surface area contributed by atoms with Crippen molar-refractivity contribution in [2.45, 2.75) is 51.2 Å². The van der Waals surface area contributed by atoms with Crippen molar-refractivity contribution < 1.29 is 0 Å². The van der Waals surface area contributed by atoms with Gasteiger partial charge in [-0.1, -0.05) is 18.6 Å². The molecule has 3 heteroatoms. The monoisotopic (exact) mass is 275 g/mol.